The highest BCUT2D eigenvalue weighted by Gasteiger charge is 2.24. The number of benzene rings is 2. The first-order chi connectivity index (χ1) is 13.4. The number of carbonyl (C=O) groups is 2. The van der Waals surface area contributed by atoms with Crippen LogP contribution in [0.15, 0.2) is 60.7 Å². The van der Waals surface area contributed by atoms with Crippen molar-refractivity contribution in [3.63, 3.8) is 0 Å². The molecule has 0 aliphatic heterocycles. The molecule has 0 bridgehead atoms. The Morgan fingerprint density at radius 1 is 0.714 bits per heavy atom. The molecule has 28 heavy (non-hydrogen) atoms. The minimum absolute atomic E-state index is 0.162. The third-order valence-corrected chi connectivity index (χ3v) is 5.29. The Kier molecular flexibility index (Phi) is 8.24. The molecule has 2 aromatic rings. The van der Waals surface area contributed by atoms with Gasteiger partial charge in [0.05, 0.1) is 17.2 Å². The lowest BCUT2D eigenvalue weighted by atomic mass is 9.87. The van der Waals surface area contributed by atoms with E-state index in [1.165, 1.54) is 0 Å². The maximum Gasteiger partial charge on any atom is 0.338 e. The molecule has 4 unspecified atom stereocenters. The van der Waals surface area contributed by atoms with Gasteiger partial charge in [-0.25, -0.2) is 9.59 Å². The molecule has 0 aliphatic carbocycles. The second-order valence-corrected chi connectivity index (χ2v) is 7.47. The van der Waals surface area contributed by atoms with Crippen molar-refractivity contribution in [2.24, 2.45) is 11.8 Å². The van der Waals surface area contributed by atoms with E-state index in [1.807, 2.05) is 50.2 Å². The van der Waals surface area contributed by atoms with Crippen LogP contribution < -0.4 is 0 Å². The summed E-state index contributed by atoms with van der Waals surface area (Å²) in [5, 5.41) is 0. The number of hydrogen-bond donors (Lipinski definition) is 0. The molecule has 0 N–H and O–H groups in total. The van der Waals surface area contributed by atoms with Gasteiger partial charge in [0, 0.05) is 0 Å². The van der Waals surface area contributed by atoms with Gasteiger partial charge in [0.25, 0.3) is 0 Å². The first-order valence-corrected chi connectivity index (χ1v) is 9.90. The van der Waals surface area contributed by atoms with Crippen molar-refractivity contribution in [2.45, 2.75) is 52.7 Å². The fourth-order valence-electron chi connectivity index (χ4n) is 3.03. The average molecular weight is 383 g/mol. The van der Waals surface area contributed by atoms with Gasteiger partial charge in [0.2, 0.25) is 0 Å². The van der Waals surface area contributed by atoms with Gasteiger partial charge in [-0.05, 0) is 62.8 Å². The molecule has 0 aromatic heterocycles. The molecule has 0 aliphatic rings. The summed E-state index contributed by atoms with van der Waals surface area (Å²) >= 11 is 0. The van der Waals surface area contributed by atoms with Crippen LogP contribution in [0.25, 0.3) is 0 Å². The fraction of sp³-hybridized carbons (Fsp3) is 0.417. The van der Waals surface area contributed by atoms with Crippen LogP contribution in [-0.2, 0) is 9.47 Å². The minimum Gasteiger partial charge on any atom is -0.459 e. The van der Waals surface area contributed by atoms with E-state index >= 15 is 0 Å². The summed E-state index contributed by atoms with van der Waals surface area (Å²) in [4.78, 5) is 24.3. The number of carbonyl (C=O) groups excluding carboxylic acids is 2. The number of ether oxygens (including phenoxy) is 2. The molecule has 0 fully saturated rings. The Balaban J connectivity index is 1.77. The minimum atomic E-state index is -0.294. The second kappa shape index (κ2) is 10.6. The van der Waals surface area contributed by atoms with Crippen LogP contribution in [0.3, 0.4) is 0 Å². The van der Waals surface area contributed by atoms with E-state index < -0.39 is 0 Å². The molecule has 0 saturated carbocycles. The molecule has 2 rings (SSSR count). The highest BCUT2D eigenvalue weighted by molar-refractivity contribution is 5.89. The smallest absolute Gasteiger partial charge is 0.338 e. The predicted molar refractivity (Wildman–Crippen MR) is 110 cm³/mol. The molecule has 0 saturated heterocycles. The van der Waals surface area contributed by atoms with Crippen LogP contribution in [0, 0.1) is 11.8 Å². The molecule has 4 heteroatoms. The summed E-state index contributed by atoms with van der Waals surface area (Å²) in [6.07, 6.45) is 1.30. The normalized spacial score (nSPS) is 15.1. The van der Waals surface area contributed by atoms with Gasteiger partial charge < -0.3 is 9.47 Å². The molecule has 0 radical (unpaired) electrons. The van der Waals surface area contributed by atoms with Crippen LogP contribution in [0.2, 0.25) is 0 Å². The van der Waals surface area contributed by atoms with Crippen molar-refractivity contribution in [3.8, 4) is 0 Å². The second-order valence-electron chi connectivity index (χ2n) is 7.47. The Morgan fingerprint density at radius 3 is 1.68 bits per heavy atom. The molecule has 4 atom stereocenters. The first kappa shape index (κ1) is 21.7. The molecule has 0 spiro atoms. The van der Waals surface area contributed by atoms with E-state index in [2.05, 4.69) is 13.8 Å². The van der Waals surface area contributed by atoms with Crippen LogP contribution >= 0.6 is 0 Å². The molecular formula is C24H30O4. The van der Waals surface area contributed by atoms with E-state index in [4.69, 9.17) is 9.47 Å². The van der Waals surface area contributed by atoms with Crippen LogP contribution in [-0.4, -0.2) is 24.1 Å². The van der Waals surface area contributed by atoms with Gasteiger partial charge in [0.1, 0.15) is 6.10 Å². The number of hydrogen-bond acceptors (Lipinski definition) is 4. The van der Waals surface area contributed by atoms with Gasteiger partial charge in [-0.3, -0.25) is 0 Å². The predicted octanol–water partition coefficient (Wildman–Crippen LogP) is 5.53. The van der Waals surface area contributed by atoms with E-state index in [-0.39, 0.29) is 30.1 Å². The van der Waals surface area contributed by atoms with Crippen LogP contribution in [0.1, 0.15) is 61.3 Å². The van der Waals surface area contributed by atoms with E-state index in [1.54, 1.807) is 24.3 Å². The van der Waals surface area contributed by atoms with Crippen molar-refractivity contribution in [2.75, 3.05) is 0 Å². The maximum atomic E-state index is 12.2. The van der Waals surface area contributed by atoms with E-state index in [9.17, 15) is 9.59 Å². The molecule has 0 heterocycles. The Morgan fingerprint density at radius 2 is 1.18 bits per heavy atom. The Hall–Kier alpha value is -2.62. The Bertz CT molecular complexity index is 742. The fourth-order valence-corrected chi connectivity index (χ4v) is 3.03. The quantitative estimate of drug-likeness (QED) is 0.535. The van der Waals surface area contributed by atoms with Crippen molar-refractivity contribution < 1.29 is 19.1 Å². The van der Waals surface area contributed by atoms with Crippen LogP contribution in [0.4, 0.5) is 0 Å². The first-order valence-electron chi connectivity index (χ1n) is 9.90. The van der Waals surface area contributed by atoms with Gasteiger partial charge in [-0.1, -0.05) is 50.2 Å². The van der Waals surface area contributed by atoms with Crippen molar-refractivity contribution >= 4 is 11.9 Å². The van der Waals surface area contributed by atoms with Crippen molar-refractivity contribution in [1.29, 1.82) is 0 Å². The van der Waals surface area contributed by atoms with Gasteiger partial charge >= 0.3 is 11.9 Å². The summed E-state index contributed by atoms with van der Waals surface area (Å²) in [6.45, 7) is 8.08. The third kappa shape index (κ3) is 6.52. The summed E-state index contributed by atoms with van der Waals surface area (Å²) in [5.74, 6) is -0.0580. The summed E-state index contributed by atoms with van der Waals surface area (Å²) in [5.41, 5.74) is 1.13. The van der Waals surface area contributed by atoms with Crippen LogP contribution in [0.5, 0.6) is 0 Å². The maximum absolute atomic E-state index is 12.2. The standard InChI is InChI=1S/C24H30O4/c1-17(15-16-18(2)27-23(25)21-11-7-5-8-12-21)19(3)20(4)28-24(26)22-13-9-6-10-14-22/h5-14,17-20H,15-16H2,1-4H3. The zero-order valence-electron chi connectivity index (χ0n) is 17.1. The highest BCUT2D eigenvalue weighted by Crippen LogP contribution is 2.24. The Labute approximate surface area is 167 Å². The largest absolute Gasteiger partial charge is 0.459 e. The summed E-state index contributed by atoms with van der Waals surface area (Å²) in [7, 11) is 0. The van der Waals surface area contributed by atoms with E-state index in [0.29, 0.717) is 17.0 Å². The molecule has 4 nitrogen and oxygen atoms in total. The highest BCUT2D eigenvalue weighted by atomic mass is 16.5. The number of rotatable bonds is 9. The molecular weight excluding hydrogens is 352 g/mol. The monoisotopic (exact) mass is 382 g/mol. The lowest BCUT2D eigenvalue weighted by molar-refractivity contribution is 0.0106. The van der Waals surface area contributed by atoms with Crippen molar-refractivity contribution in [3.05, 3.63) is 71.8 Å². The zero-order valence-corrected chi connectivity index (χ0v) is 17.1. The molecule has 150 valence electrons. The third-order valence-electron chi connectivity index (χ3n) is 5.29. The van der Waals surface area contributed by atoms with E-state index in [0.717, 1.165) is 12.8 Å². The van der Waals surface area contributed by atoms with Gasteiger partial charge in [-0.15, -0.1) is 0 Å². The van der Waals surface area contributed by atoms with Gasteiger partial charge in [-0.2, -0.15) is 0 Å². The van der Waals surface area contributed by atoms with Crippen molar-refractivity contribution in [1.82, 2.24) is 0 Å². The average Bonchev–Trinajstić information content (AvgIpc) is 2.72. The van der Waals surface area contributed by atoms with Gasteiger partial charge in [0.15, 0.2) is 0 Å². The SMILES string of the molecule is CC(CCC(C)C(C)C(C)OC(=O)c1ccccc1)OC(=O)c1ccccc1. The number of esters is 2. The lowest BCUT2D eigenvalue weighted by Crippen LogP contribution is -2.27. The lowest BCUT2D eigenvalue weighted by Gasteiger charge is -2.27. The zero-order chi connectivity index (χ0) is 20.5. The summed E-state index contributed by atoms with van der Waals surface area (Å²) in [6, 6.07) is 18.1. The molecule has 2 aromatic carbocycles. The molecule has 0 amide bonds. The topological polar surface area (TPSA) is 52.6 Å². The summed E-state index contributed by atoms with van der Waals surface area (Å²) < 4.78 is 11.1.